The fourth-order valence-electron chi connectivity index (χ4n) is 1.54. The molecule has 1 aromatic carbocycles. The van der Waals surface area contributed by atoms with Gasteiger partial charge in [0.15, 0.2) is 23.9 Å². The van der Waals surface area contributed by atoms with Gasteiger partial charge in [0, 0.05) is 12.1 Å². The lowest BCUT2D eigenvalue weighted by molar-refractivity contribution is -0.685. The van der Waals surface area contributed by atoms with Crippen LogP contribution in [0.1, 0.15) is 0 Å². The molecule has 2 rings (SSSR count). The molecule has 0 fully saturated rings. The molecule has 0 spiro atoms. The van der Waals surface area contributed by atoms with Gasteiger partial charge in [-0.3, -0.25) is 0 Å². The molecular weight excluding hydrogens is 296 g/mol. The first-order valence-electron chi connectivity index (χ1n) is 5.09. The number of pyridine rings is 1. The van der Waals surface area contributed by atoms with E-state index in [2.05, 4.69) is 0 Å². The van der Waals surface area contributed by atoms with E-state index in [4.69, 9.17) is 5.26 Å². The molecule has 0 aliphatic rings. The van der Waals surface area contributed by atoms with Crippen molar-refractivity contribution >= 4 is 0 Å². The SMILES string of the molecule is N#CC[n+]1ccc(-c2ccc(O)c(O)c2)cc1.[Br-]. The second-order valence-electron chi connectivity index (χ2n) is 3.62. The summed E-state index contributed by atoms with van der Waals surface area (Å²) in [6.07, 6.45) is 3.59. The third-order valence-electron chi connectivity index (χ3n) is 2.45. The first kappa shape index (κ1) is 14.0. The topological polar surface area (TPSA) is 68.1 Å². The van der Waals surface area contributed by atoms with Crippen LogP contribution in [0.25, 0.3) is 11.1 Å². The molecule has 0 atom stereocenters. The van der Waals surface area contributed by atoms with E-state index in [-0.39, 0.29) is 28.5 Å². The summed E-state index contributed by atoms with van der Waals surface area (Å²) in [6, 6.07) is 10.4. The van der Waals surface area contributed by atoms with Gasteiger partial charge in [0.2, 0.25) is 6.54 Å². The second-order valence-corrected chi connectivity index (χ2v) is 3.62. The molecule has 0 aliphatic heterocycles. The molecular formula is C13H11BrN2O2. The highest BCUT2D eigenvalue weighted by molar-refractivity contribution is 5.65. The van der Waals surface area contributed by atoms with Gasteiger partial charge in [-0.25, -0.2) is 0 Å². The van der Waals surface area contributed by atoms with Gasteiger partial charge in [-0.2, -0.15) is 9.83 Å². The van der Waals surface area contributed by atoms with Crippen molar-refractivity contribution in [2.45, 2.75) is 6.54 Å². The van der Waals surface area contributed by atoms with Crippen LogP contribution in [0.15, 0.2) is 42.7 Å². The summed E-state index contributed by atoms with van der Waals surface area (Å²) in [5.74, 6) is -0.277. The Morgan fingerprint density at radius 3 is 2.22 bits per heavy atom. The molecule has 1 heterocycles. The fourth-order valence-corrected chi connectivity index (χ4v) is 1.54. The maximum Gasteiger partial charge on any atom is 0.233 e. The summed E-state index contributed by atoms with van der Waals surface area (Å²) < 4.78 is 1.75. The van der Waals surface area contributed by atoms with Crippen LogP contribution in [0.5, 0.6) is 11.5 Å². The molecule has 0 unspecified atom stereocenters. The summed E-state index contributed by atoms with van der Waals surface area (Å²) in [4.78, 5) is 0. The van der Waals surface area contributed by atoms with Crippen molar-refractivity contribution < 1.29 is 31.8 Å². The van der Waals surface area contributed by atoms with Crippen LogP contribution < -0.4 is 21.5 Å². The number of nitrogens with zero attached hydrogens (tertiary/aromatic N) is 2. The van der Waals surface area contributed by atoms with E-state index in [9.17, 15) is 10.2 Å². The number of aromatic hydroxyl groups is 2. The van der Waals surface area contributed by atoms with E-state index >= 15 is 0 Å². The molecule has 0 bridgehead atoms. The molecule has 0 saturated heterocycles. The second kappa shape index (κ2) is 6.03. The van der Waals surface area contributed by atoms with Gasteiger partial charge in [-0.15, -0.1) is 0 Å². The lowest BCUT2D eigenvalue weighted by Crippen LogP contribution is -3.00. The Balaban J connectivity index is 0.00000162. The summed E-state index contributed by atoms with van der Waals surface area (Å²) in [6.45, 7) is 0.307. The largest absolute Gasteiger partial charge is 1.00 e. The number of hydrogen-bond donors (Lipinski definition) is 2. The van der Waals surface area contributed by atoms with Crippen molar-refractivity contribution in [2.75, 3.05) is 0 Å². The lowest BCUT2D eigenvalue weighted by Gasteiger charge is -2.02. The Labute approximate surface area is 115 Å². The number of phenolic OH excluding ortho intramolecular Hbond substituents is 2. The Bertz CT molecular complexity index is 577. The summed E-state index contributed by atoms with van der Waals surface area (Å²) in [5, 5.41) is 27.2. The molecule has 4 nitrogen and oxygen atoms in total. The first-order valence-corrected chi connectivity index (χ1v) is 5.09. The smallest absolute Gasteiger partial charge is 0.233 e. The van der Waals surface area contributed by atoms with E-state index in [1.807, 2.05) is 18.2 Å². The first-order chi connectivity index (χ1) is 8.20. The minimum atomic E-state index is -0.142. The molecule has 1 aromatic heterocycles. The van der Waals surface area contributed by atoms with Crippen LogP contribution in [0.4, 0.5) is 0 Å². The zero-order valence-corrected chi connectivity index (χ0v) is 11.0. The number of rotatable bonds is 2. The van der Waals surface area contributed by atoms with Crippen molar-refractivity contribution in [3.8, 4) is 28.7 Å². The van der Waals surface area contributed by atoms with Gasteiger partial charge >= 0.3 is 0 Å². The van der Waals surface area contributed by atoms with Crippen molar-refractivity contribution in [2.24, 2.45) is 0 Å². The van der Waals surface area contributed by atoms with E-state index < -0.39 is 0 Å². The Morgan fingerprint density at radius 2 is 1.67 bits per heavy atom. The number of aromatic nitrogens is 1. The minimum absolute atomic E-state index is 0. The van der Waals surface area contributed by atoms with Crippen molar-refractivity contribution in [1.29, 1.82) is 5.26 Å². The van der Waals surface area contributed by atoms with Gasteiger partial charge in [0.05, 0.1) is 0 Å². The maximum absolute atomic E-state index is 9.40. The van der Waals surface area contributed by atoms with Crippen LogP contribution in [0.3, 0.4) is 0 Å². The molecule has 0 aliphatic carbocycles. The van der Waals surface area contributed by atoms with Gasteiger partial charge < -0.3 is 27.2 Å². The van der Waals surface area contributed by atoms with Crippen LogP contribution in [0, 0.1) is 11.3 Å². The van der Waals surface area contributed by atoms with Crippen LogP contribution in [-0.4, -0.2) is 10.2 Å². The normalized spacial score (nSPS) is 9.28. The number of halogens is 1. The quantitative estimate of drug-likeness (QED) is 0.529. The van der Waals surface area contributed by atoms with Gasteiger partial charge in [-0.1, -0.05) is 6.07 Å². The lowest BCUT2D eigenvalue weighted by atomic mass is 10.1. The van der Waals surface area contributed by atoms with E-state index in [0.717, 1.165) is 11.1 Å². The highest BCUT2D eigenvalue weighted by Crippen LogP contribution is 2.29. The van der Waals surface area contributed by atoms with Crippen LogP contribution >= 0.6 is 0 Å². The van der Waals surface area contributed by atoms with Gasteiger partial charge in [0.25, 0.3) is 0 Å². The number of benzene rings is 1. The monoisotopic (exact) mass is 306 g/mol. The average molecular weight is 307 g/mol. The summed E-state index contributed by atoms with van der Waals surface area (Å²) in [7, 11) is 0. The molecule has 18 heavy (non-hydrogen) atoms. The number of nitriles is 1. The fraction of sp³-hybridized carbons (Fsp3) is 0.0769. The van der Waals surface area contributed by atoms with Crippen LogP contribution in [0.2, 0.25) is 0 Å². The zero-order chi connectivity index (χ0) is 12.3. The molecule has 2 N–H and O–H groups in total. The third-order valence-corrected chi connectivity index (χ3v) is 2.45. The maximum atomic E-state index is 9.40. The van der Waals surface area contributed by atoms with Crippen molar-refractivity contribution in [1.82, 2.24) is 0 Å². The molecule has 2 aromatic rings. The predicted molar refractivity (Wildman–Crippen MR) is 61.0 cm³/mol. The Kier molecular flexibility index (Phi) is 4.69. The predicted octanol–water partition coefficient (Wildman–Crippen LogP) is -1.42. The standard InChI is InChI=1S/C13H10N2O2.BrH/c14-5-8-15-6-3-10(4-7-15)11-1-2-12(16)13(17)9-11;/h1-4,6-7,9,17H,8H2;1H. The molecule has 0 amide bonds. The van der Waals surface area contributed by atoms with E-state index in [0.29, 0.717) is 6.54 Å². The average Bonchev–Trinajstić information content (AvgIpc) is 2.34. The van der Waals surface area contributed by atoms with E-state index in [1.165, 1.54) is 12.1 Å². The van der Waals surface area contributed by atoms with Crippen LogP contribution in [-0.2, 0) is 6.54 Å². The summed E-state index contributed by atoms with van der Waals surface area (Å²) >= 11 is 0. The number of phenols is 2. The zero-order valence-electron chi connectivity index (χ0n) is 9.42. The van der Waals surface area contributed by atoms with Gasteiger partial charge in [-0.05, 0) is 23.3 Å². The molecule has 0 saturated carbocycles. The van der Waals surface area contributed by atoms with E-state index in [1.54, 1.807) is 23.0 Å². The molecule has 0 radical (unpaired) electrons. The Morgan fingerprint density at radius 1 is 1.00 bits per heavy atom. The molecule has 5 heteroatoms. The minimum Gasteiger partial charge on any atom is -1.00 e. The third kappa shape index (κ3) is 2.99. The number of hydrogen-bond acceptors (Lipinski definition) is 3. The molecule has 92 valence electrons. The van der Waals surface area contributed by atoms with Crippen molar-refractivity contribution in [3.05, 3.63) is 42.7 Å². The Hall–Kier alpha value is -2.06. The van der Waals surface area contributed by atoms with Crippen molar-refractivity contribution in [3.63, 3.8) is 0 Å². The van der Waals surface area contributed by atoms with Gasteiger partial charge in [0.1, 0.15) is 6.07 Å². The highest BCUT2D eigenvalue weighted by atomic mass is 79.9. The summed E-state index contributed by atoms with van der Waals surface area (Å²) in [5.41, 5.74) is 1.72. The highest BCUT2D eigenvalue weighted by Gasteiger charge is 2.05.